The molecule has 3 rings (SSSR count). The number of hydrogen-bond acceptors (Lipinski definition) is 2. The number of nitrogens with zero attached hydrogens (tertiary/aromatic N) is 1. The highest BCUT2D eigenvalue weighted by Gasteiger charge is 2.42. The van der Waals surface area contributed by atoms with Gasteiger partial charge in [-0.3, -0.25) is 4.98 Å². The van der Waals surface area contributed by atoms with Gasteiger partial charge in [0.2, 0.25) is 0 Å². The molecule has 0 aliphatic rings. The van der Waals surface area contributed by atoms with Crippen LogP contribution in [0.5, 0.6) is 0 Å². The third kappa shape index (κ3) is 3.32. The molecule has 0 saturated carbocycles. The van der Waals surface area contributed by atoms with Crippen LogP contribution in [0.4, 0.5) is 0 Å². The van der Waals surface area contributed by atoms with Gasteiger partial charge in [-0.1, -0.05) is 66.7 Å². The zero-order chi connectivity index (χ0) is 17.0. The third-order valence-corrected chi connectivity index (χ3v) is 4.76. The Morgan fingerprint density at radius 2 is 1.21 bits per heavy atom. The second kappa shape index (κ2) is 6.71. The highest BCUT2D eigenvalue weighted by atomic mass is 28.4. The lowest BCUT2D eigenvalue weighted by atomic mass is 9.83. The minimum atomic E-state index is -1.88. The van der Waals surface area contributed by atoms with Crippen LogP contribution in [0.3, 0.4) is 0 Å². The smallest absolute Gasteiger partial charge is 0.185 e. The van der Waals surface area contributed by atoms with Gasteiger partial charge in [-0.05, 0) is 42.9 Å². The SMILES string of the molecule is C[Si](C)(C)OC(c1ccccc1)(c1ccccc1)c1ccccn1. The summed E-state index contributed by atoms with van der Waals surface area (Å²) in [6.07, 6.45) is 1.84. The Morgan fingerprint density at radius 1 is 0.708 bits per heavy atom. The van der Waals surface area contributed by atoms with Crippen molar-refractivity contribution < 1.29 is 4.43 Å². The lowest BCUT2D eigenvalue weighted by molar-refractivity contribution is 0.142. The van der Waals surface area contributed by atoms with Crippen LogP contribution < -0.4 is 0 Å². The molecule has 0 N–H and O–H groups in total. The first-order valence-corrected chi connectivity index (χ1v) is 11.7. The van der Waals surface area contributed by atoms with Crippen molar-refractivity contribution in [1.29, 1.82) is 0 Å². The summed E-state index contributed by atoms with van der Waals surface area (Å²) in [5.41, 5.74) is 2.45. The van der Waals surface area contributed by atoms with E-state index in [1.54, 1.807) is 0 Å². The normalized spacial score (nSPS) is 12.1. The summed E-state index contributed by atoms with van der Waals surface area (Å²) in [5.74, 6) is 0. The summed E-state index contributed by atoms with van der Waals surface area (Å²) in [6, 6.07) is 26.8. The minimum Gasteiger partial charge on any atom is -0.399 e. The summed E-state index contributed by atoms with van der Waals surface area (Å²) < 4.78 is 6.86. The summed E-state index contributed by atoms with van der Waals surface area (Å²) in [7, 11) is -1.88. The Hall–Kier alpha value is -2.23. The molecule has 0 unspecified atom stereocenters. The van der Waals surface area contributed by atoms with Gasteiger partial charge < -0.3 is 4.43 Å². The molecule has 0 fully saturated rings. The average Bonchev–Trinajstić information content (AvgIpc) is 2.61. The molecule has 0 saturated heterocycles. The monoisotopic (exact) mass is 333 g/mol. The van der Waals surface area contributed by atoms with E-state index in [0.29, 0.717) is 0 Å². The molecule has 24 heavy (non-hydrogen) atoms. The van der Waals surface area contributed by atoms with Gasteiger partial charge in [0.25, 0.3) is 0 Å². The zero-order valence-corrected chi connectivity index (χ0v) is 15.4. The molecular formula is C21H23NOSi. The number of pyridine rings is 1. The maximum atomic E-state index is 6.86. The highest BCUT2D eigenvalue weighted by Crippen LogP contribution is 2.41. The first-order valence-electron chi connectivity index (χ1n) is 8.25. The van der Waals surface area contributed by atoms with Crippen molar-refractivity contribution in [3.8, 4) is 0 Å². The Bertz CT molecular complexity index is 671. The number of aromatic nitrogens is 1. The van der Waals surface area contributed by atoms with Gasteiger partial charge in [-0.15, -0.1) is 0 Å². The van der Waals surface area contributed by atoms with Crippen LogP contribution in [0, 0.1) is 0 Å². The van der Waals surface area contributed by atoms with Gasteiger partial charge in [0.1, 0.15) is 5.60 Å². The van der Waals surface area contributed by atoms with Crippen LogP contribution in [0.1, 0.15) is 16.8 Å². The first kappa shape index (κ1) is 16.6. The maximum absolute atomic E-state index is 6.86. The molecule has 0 aliphatic carbocycles. The number of hydrogen-bond donors (Lipinski definition) is 0. The predicted molar refractivity (Wildman–Crippen MR) is 101 cm³/mol. The van der Waals surface area contributed by atoms with Crippen LogP contribution in [0.2, 0.25) is 19.6 Å². The van der Waals surface area contributed by atoms with Gasteiger partial charge >= 0.3 is 0 Å². The number of benzene rings is 2. The van der Waals surface area contributed by atoms with Gasteiger partial charge in [0, 0.05) is 6.20 Å². The molecule has 2 aromatic carbocycles. The van der Waals surface area contributed by atoms with E-state index in [9.17, 15) is 0 Å². The third-order valence-electron chi connectivity index (χ3n) is 3.85. The maximum Gasteiger partial charge on any atom is 0.185 e. The lowest BCUT2D eigenvalue weighted by Crippen LogP contribution is -2.43. The average molecular weight is 334 g/mol. The molecular weight excluding hydrogens is 310 g/mol. The standard InChI is InChI=1S/C21H23NOSi/c1-24(2,3)23-21(18-12-6-4-7-13-18,19-14-8-5-9-15-19)20-16-10-11-17-22-20/h4-17H,1-3H3. The molecule has 1 aromatic heterocycles. The Labute approximate surface area is 145 Å². The second-order valence-corrected chi connectivity index (χ2v) is 11.3. The van der Waals surface area contributed by atoms with Crippen molar-refractivity contribution in [3.05, 3.63) is 102 Å². The van der Waals surface area contributed by atoms with Crippen molar-refractivity contribution >= 4 is 8.32 Å². The number of rotatable bonds is 5. The summed E-state index contributed by atoms with van der Waals surface area (Å²) in [5, 5.41) is 0. The van der Waals surface area contributed by atoms with E-state index in [2.05, 4.69) is 79.2 Å². The van der Waals surface area contributed by atoms with Crippen molar-refractivity contribution in [3.63, 3.8) is 0 Å². The minimum absolute atomic E-state index is 0.686. The molecule has 0 atom stereocenters. The van der Waals surface area contributed by atoms with Gasteiger partial charge in [0.05, 0.1) is 5.69 Å². The molecule has 3 aromatic rings. The molecule has 122 valence electrons. The van der Waals surface area contributed by atoms with Crippen molar-refractivity contribution in [2.45, 2.75) is 25.2 Å². The van der Waals surface area contributed by atoms with E-state index in [1.165, 1.54) is 0 Å². The molecule has 2 nitrogen and oxygen atoms in total. The van der Waals surface area contributed by atoms with Crippen molar-refractivity contribution in [2.75, 3.05) is 0 Å². The molecule has 3 heteroatoms. The van der Waals surface area contributed by atoms with E-state index in [0.717, 1.165) is 16.8 Å². The van der Waals surface area contributed by atoms with Gasteiger partial charge in [0.15, 0.2) is 8.32 Å². The first-order chi connectivity index (χ1) is 11.5. The van der Waals surface area contributed by atoms with E-state index in [-0.39, 0.29) is 0 Å². The fourth-order valence-corrected chi connectivity index (χ4v) is 4.27. The van der Waals surface area contributed by atoms with Crippen molar-refractivity contribution in [2.24, 2.45) is 0 Å². The highest BCUT2D eigenvalue weighted by molar-refractivity contribution is 6.69. The molecule has 0 spiro atoms. The Kier molecular flexibility index (Phi) is 4.65. The molecule has 0 bridgehead atoms. The van der Waals surface area contributed by atoms with Crippen LogP contribution in [-0.2, 0) is 10.0 Å². The topological polar surface area (TPSA) is 22.1 Å². The molecule has 0 radical (unpaired) electrons. The molecule has 0 aliphatic heterocycles. The summed E-state index contributed by atoms with van der Waals surface area (Å²) in [6.45, 7) is 6.66. The predicted octanol–water partition coefficient (Wildman–Crippen LogP) is 5.23. The van der Waals surface area contributed by atoms with Crippen LogP contribution in [0.15, 0.2) is 85.1 Å². The fourth-order valence-electron chi connectivity index (χ4n) is 3.01. The zero-order valence-electron chi connectivity index (χ0n) is 14.4. The summed E-state index contributed by atoms with van der Waals surface area (Å²) in [4.78, 5) is 4.69. The van der Waals surface area contributed by atoms with Crippen LogP contribution in [0.25, 0.3) is 0 Å². The largest absolute Gasteiger partial charge is 0.399 e. The van der Waals surface area contributed by atoms with Gasteiger partial charge in [-0.25, -0.2) is 0 Å². The second-order valence-electron chi connectivity index (χ2n) is 6.84. The fraction of sp³-hybridized carbons (Fsp3) is 0.190. The molecule has 0 amide bonds. The lowest BCUT2D eigenvalue weighted by Gasteiger charge is -2.40. The van der Waals surface area contributed by atoms with Crippen LogP contribution in [-0.4, -0.2) is 13.3 Å². The van der Waals surface area contributed by atoms with E-state index < -0.39 is 13.9 Å². The summed E-state index contributed by atoms with van der Waals surface area (Å²) >= 11 is 0. The van der Waals surface area contributed by atoms with Crippen molar-refractivity contribution in [1.82, 2.24) is 4.98 Å². The Balaban J connectivity index is 2.33. The van der Waals surface area contributed by atoms with E-state index in [1.807, 2.05) is 30.5 Å². The Morgan fingerprint density at radius 3 is 1.62 bits per heavy atom. The molecule has 1 heterocycles. The quantitative estimate of drug-likeness (QED) is 0.597. The van der Waals surface area contributed by atoms with E-state index >= 15 is 0 Å². The van der Waals surface area contributed by atoms with E-state index in [4.69, 9.17) is 4.43 Å². The van der Waals surface area contributed by atoms with Crippen LogP contribution >= 0.6 is 0 Å². The van der Waals surface area contributed by atoms with Gasteiger partial charge in [-0.2, -0.15) is 0 Å².